The number of ether oxygens (including phenoxy) is 3. The van der Waals surface area contributed by atoms with E-state index >= 15 is 0 Å². The molecule has 8 heteroatoms. The van der Waals surface area contributed by atoms with Gasteiger partial charge < -0.3 is 29.1 Å². The molecule has 2 aliphatic rings. The van der Waals surface area contributed by atoms with Crippen LogP contribution < -0.4 is 14.2 Å². The van der Waals surface area contributed by atoms with Gasteiger partial charge in [-0.1, -0.05) is 6.07 Å². The monoisotopic (exact) mass is 466 g/mol. The molecule has 2 aromatic rings. The van der Waals surface area contributed by atoms with E-state index in [1.54, 1.807) is 42.5 Å². The first-order chi connectivity index (χ1) is 16.3. The van der Waals surface area contributed by atoms with E-state index in [2.05, 4.69) is 0 Å². The fraction of sp³-hybridized carbons (Fsp3) is 0.385. The first-order valence-electron chi connectivity index (χ1n) is 11.4. The molecular formula is C26H30N2O6. The Kier molecular flexibility index (Phi) is 6.79. The number of Topliss-reactive ketones (excluding diaryl/α,β-unsaturated/α-hetero) is 1. The van der Waals surface area contributed by atoms with Crippen molar-refractivity contribution < 1.29 is 28.9 Å². The summed E-state index contributed by atoms with van der Waals surface area (Å²) in [5.41, 5.74) is 1.18. The first kappa shape index (κ1) is 23.6. The molecule has 8 nitrogen and oxygen atoms in total. The van der Waals surface area contributed by atoms with E-state index in [1.807, 2.05) is 32.8 Å². The van der Waals surface area contributed by atoms with Gasteiger partial charge in [0.05, 0.1) is 17.7 Å². The fourth-order valence-corrected chi connectivity index (χ4v) is 4.22. The number of aliphatic hydroxyl groups is 1. The quantitative estimate of drug-likeness (QED) is 0.361. The summed E-state index contributed by atoms with van der Waals surface area (Å²) in [5, 5.41) is 11.2. The standard InChI is InChI=1S/C26H30N2O6/c1-16(2)34-19-9-6-17(7-10-19)24(29)22-23(18-8-11-20-21(14-18)33-15-32-20)28(26(31)25(22)30)13-5-12-27(3)4/h6-11,14,16,23,29H,5,12-13,15H2,1-4H3. The Morgan fingerprint density at radius 2 is 1.82 bits per heavy atom. The number of aliphatic hydroxyl groups excluding tert-OH is 1. The number of carbonyl (C=O) groups excluding carboxylic acids is 2. The number of amides is 1. The molecule has 1 saturated heterocycles. The number of carbonyl (C=O) groups is 2. The largest absolute Gasteiger partial charge is 0.507 e. The molecule has 4 rings (SSSR count). The highest BCUT2D eigenvalue weighted by molar-refractivity contribution is 6.46. The molecule has 2 aromatic carbocycles. The smallest absolute Gasteiger partial charge is 0.295 e. The van der Waals surface area contributed by atoms with E-state index in [0.717, 1.165) is 6.54 Å². The number of hydrogen-bond donors (Lipinski definition) is 1. The lowest BCUT2D eigenvalue weighted by Gasteiger charge is -2.26. The number of hydrogen-bond acceptors (Lipinski definition) is 7. The highest BCUT2D eigenvalue weighted by atomic mass is 16.7. The summed E-state index contributed by atoms with van der Waals surface area (Å²) in [6.07, 6.45) is 0.695. The van der Waals surface area contributed by atoms with Gasteiger partial charge in [0.15, 0.2) is 11.5 Å². The predicted octanol–water partition coefficient (Wildman–Crippen LogP) is 3.58. The summed E-state index contributed by atoms with van der Waals surface area (Å²) in [6, 6.07) is 11.4. The van der Waals surface area contributed by atoms with Gasteiger partial charge in [-0.25, -0.2) is 0 Å². The van der Waals surface area contributed by atoms with Crippen LogP contribution in [0, 0.1) is 0 Å². The van der Waals surface area contributed by atoms with Gasteiger partial charge in [-0.2, -0.15) is 0 Å². The van der Waals surface area contributed by atoms with Crippen molar-refractivity contribution in [2.45, 2.75) is 32.4 Å². The van der Waals surface area contributed by atoms with E-state index in [-0.39, 0.29) is 24.2 Å². The zero-order valence-corrected chi connectivity index (χ0v) is 19.9. The molecule has 1 unspecified atom stereocenters. The van der Waals surface area contributed by atoms with Crippen LogP contribution in [0.1, 0.15) is 37.4 Å². The van der Waals surface area contributed by atoms with Crippen LogP contribution in [0.2, 0.25) is 0 Å². The molecule has 0 spiro atoms. The minimum atomic E-state index is -0.733. The fourth-order valence-electron chi connectivity index (χ4n) is 4.22. The highest BCUT2D eigenvalue weighted by Gasteiger charge is 2.46. The van der Waals surface area contributed by atoms with Crippen molar-refractivity contribution in [3.63, 3.8) is 0 Å². The minimum Gasteiger partial charge on any atom is -0.507 e. The van der Waals surface area contributed by atoms with Crippen molar-refractivity contribution in [1.82, 2.24) is 9.80 Å². The van der Waals surface area contributed by atoms with Crippen LogP contribution in [0.3, 0.4) is 0 Å². The molecule has 2 heterocycles. The number of benzene rings is 2. The minimum absolute atomic E-state index is 0.0120. The van der Waals surface area contributed by atoms with E-state index in [1.165, 1.54) is 4.90 Å². The number of rotatable bonds is 8. The van der Waals surface area contributed by atoms with Gasteiger partial charge >= 0.3 is 0 Å². The molecule has 0 bridgehead atoms. The third-order valence-electron chi connectivity index (χ3n) is 5.76. The summed E-state index contributed by atoms with van der Waals surface area (Å²) in [5.74, 6) is 0.270. The third-order valence-corrected chi connectivity index (χ3v) is 5.76. The van der Waals surface area contributed by atoms with Gasteiger partial charge in [0.2, 0.25) is 6.79 Å². The lowest BCUT2D eigenvalue weighted by atomic mass is 9.95. The van der Waals surface area contributed by atoms with Crippen molar-refractivity contribution in [1.29, 1.82) is 0 Å². The summed E-state index contributed by atoms with van der Waals surface area (Å²) in [7, 11) is 3.91. The van der Waals surface area contributed by atoms with Crippen LogP contribution >= 0.6 is 0 Å². The maximum absolute atomic E-state index is 13.2. The predicted molar refractivity (Wildman–Crippen MR) is 127 cm³/mol. The second-order valence-electron chi connectivity index (χ2n) is 8.95. The first-order valence-corrected chi connectivity index (χ1v) is 11.4. The normalized spacial score (nSPS) is 18.9. The molecule has 0 saturated carbocycles. The average molecular weight is 467 g/mol. The van der Waals surface area contributed by atoms with Crippen molar-refractivity contribution in [3.05, 3.63) is 59.2 Å². The molecular weight excluding hydrogens is 436 g/mol. The Balaban J connectivity index is 1.75. The van der Waals surface area contributed by atoms with E-state index in [0.29, 0.717) is 41.3 Å². The molecule has 1 fully saturated rings. The summed E-state index contributed by atoms with van der Waals surface area (Å²) in [4.78, 5) is 29.8. The van der Waals surface area contributed by atoms with Crippen molar-refractivity contribution in [2.75, 3.05) is 34.0 Å². The molecule has 2 aliphatic heterocycles. The van der Waals surface area contributed by atoms with Gasteiger partial charge in [0.25, 0.3) is 11.7 Å². The van der Waals surface area contributed by atoms with Crippen LogP contribution in [-0.4, -0.2) is 66.7 Å². The Labute approximate surface area is 199 Å². The SMILES string of the molecule is CC(C)Oc1ccc(C(O)=C2C(=O)C(=O)N(CCCN(C)C)C2c2ccc3c(c2)OCO3)cc1. The topological polar surface area (TPSA) is 88.5 Å². The molecule has 1 N–H and O–H groups in total. The maximum atomic E-state index is 13.2. The lowest BCUT2D eigenvalue weighted by Crippen LogP contribution is -2.32. The zero-order valence-electron chi connectivity index (χ0n) is 19.9. The molecule has 180 valence electrons. The van der Waals surface area contributed by atoms with E-state index in [9.17, 15) is 14.7 Å². The molecule has 0 aromatic heterocycles. The Hall–Kier alpha value is -3.52. The van der Waals surface area contributed by atoms with Crippen molar-refractivity contribution >= 4 is 17.4 Å². The van der Waals surface area contributed by atoms with Gasteiger partial charge in [0, 0.05) is 12.1 Å². The van der Waals surface area contributed by atoms with Crippen LogP contribution in [0.25, 0.3) is 5.76 Å². The number of likely N-dealkylation sites (tertiary alicyclic amines) is 1. The second-order valence-corrected chi connectivity index (χ2v) is 8.95. The summed E-state index contributed by atoms with van der Waals surface area (Å²) >= 11 is 0. The van der Waals surface area contributed by atoms with Gasteiger partial charge in [-0.3, -0.25) is 9.59 Å². The van der Waals surface area contributed by atoms with Crippen LogP contribution in [0.15, 0.2) is 48.0 Å². The van der Waals surface area contributed by atoms with Crippen LogP contribution in [0.4, 0.5) is 0 Å². The Bertz CT molecular complexity index is 1110. The van der Waals surface area contributed by atoms with E-state index in [4.69, 9.17) is 14.2 Å². The molecule has 1 amide bonds. The zero-order chi connectivity index (χ0) is 24.4. The second kappa shape index (κ2) is 9.77. The number of ketones is 1. The average Bonchev–Trinajstić information content (AvgIpc) is 3.36. The molecule has 0 aliphatic carbocycles. The maximum Gasteiger partial charge on any atom is 0.295 e. The Morgan fingerprint density at radius 3 is 2.50 bits per heavy atom. The van der Waals surface area contributed by atoms with Gasteiger partial charge in [-0.15, -0.1) is 0 Å². The van der Waals surface area contributed by atoms with Crippen molar-refractivity contribution in [2.24, 2.45) is 0 Å². The number of nitrogens with zero attached hydrogens (tertiary/aromatic N) is 2. The molecule has 1 atom stereocenters. The van der Waals surface area contributed by atoms with Crippen LogP contribution in [0.5, 0.6) is 17.2 Å². The van der Waals surface area contributed by atoms with Gasteiger partial charge in [-0.05, 0) is 82.9 Å². The van der Waals surface area contributed by atoms with Crippen molar-refractivity contribution in [3.8, 4) is 17.2 Å². The molecule has 34 heavy (non-hydrogen) atoms. The van der Waals surface area contributed by atoms with Crippen LogP contribution in [-0.2, 0) is 9.59 Å². The number of fused-ring (bicyclic) bond motifs is 1. The molecule has 0 radical (unpaired) electrons. The highest BCUT2D eigenvalue weighted by Crippen LogP contribution is 2.43. The summed E-state index contributed by atoms with van der Waals surface area (Å²) in [6.45, 7) is 5.11. The third kappa shape index (κ3) is 4.72. The Morgan fingerprint density at radius 1 is 1.12 bits per heavy atom. The van der Waals surface area contributed by atoms with E-state index < -0.39 is 17.7 Å². The lowest BCUT2D eigenvalue weighted by molar-refractivity contribution is -0.139. The van der Waals surface area contributed by atoms with Gasteiger partial charge in [0.1, 0.15) is 11.5 Å². The summed E-state index contributed by atoms with van der Waals surface area (Å²) < 4.78 is 16.6.